The summed E-state index contributed by atoms with van der Waals surface area (Å²) in [6, 6.07) is 8.32. The summed E-state index contributed by atoms with van der Waals surface area (Å²) < 4.78 is 0. The molecule has 0 fully saturated rings. The van der Waals surface area contributed by atoms with Gasteiger partial charge < -0.3 is 10.7 Å². The molecule has 0 atom stereocenters. The summed E-state index contributed by atoms with van der Waals surface area (Å²) in [5.74, 6) is 5.89. The smallest absolute Gasteiger partial charge is 0.161 e. The lowest BCUT2D eigenvalue weighted by Crippen LogP contribution is -2.10. The zero-order valence-corrected chi connectivity index (χ0v) is 12.2. The van der Waals surface area contributed by atoms with Gasteiger partial charge in [0.15, 0.2) is 11.6 Å². The van der Waals surface area contributed by atoms with Crippen LogP contribution < -0.4 is 16.6 Å². The maximum absolute atomic E-state index is 8.89. The summed E-state index contributed by atoms with van der Waals surface area (Å²) in [6.07, 6.45) is 0. The molecule has 2 aromatic rings. The molecule has 0 aliphatic rings. The molecule has 4 N–H and O–H groups in total. The number of rotatable bonds is 3. The highest BCUT2D eigenvalue weighted by molar-refractivity contribution is 6.37. The highest BCUT2D eigenvalue weighted by atomic mass is 35.5. The van der Waals surface area contributed by atoms with E-state index >= 15 is 0 Å². The van der Waals surface area contributed by atoms with Crippen molar-refractivity contribution < 1.29 is 0 Å². The highest BCUT2D eigenvalue weighted by Gasteiger charge is 2.11. The first-order valence-electron chi connectivity index (χ1n) is 5.34. The summed E-state index contributed by atoms with van der Waals surface area (Å²) in [6.45, 7) is 0. The molecule has 1 heterocycles. The monoisotopic (exact) mass is 327 g/mol. The lowest BCUT2D eigenvalue weighted by Gasteiger charge is -2.12. The van der Waals surface area contributed by atoms with Crippen LogP contribution >= 0.6 is 34.8 Å². The fourth-order valence-electron chi connectivity index (χ4n) is 1.47. The second kappa shape index (κ2) is 6.16. The van der Waals surface area contributed by atoms with Gasteiger partial charge in [-0.25, -0.2) is 10.8 Å². The first-order valence-corrected chi connectivity index (χ1v) is 6.48. The summed E-state index contributed by atoms with van der Waals surface area (Å²) in [4.78, 5) is 4.13. The summed E-state index contributed by atoms with van der Waals surface area (Å²) in [5, 5.41) is 12.8. The average Bonchev–Trinajstić information content (AvgIpc) is 2.44. The van der Waals surface area contributed by atoms with Crippen LogP contribution in [0.25, 0.3) is 0 Å². The third-order valence-corrected chi connectivity index (χ3v) is 3.32. The molecule has 2 rings (SSSR count). The van der Waals surface area contributed by atoms with Gasteiger partial charge in [0.25, 0.3) is 0 Å². The van der Waals surface area contributed by atoms with Gasteiger partial charge in [0.05, 0.1) is 32.4 Å². The SMILES string of the molecule is N#Cc1ccc(Cl)c(Nc2nc(NN)c(Cl)cc2Cl)c1. The number of benzene rings is 1. The number of hydrogen-bond donors (Lipinski definition) is 3. The number of pyridine rings is 1. The van der Waals surface area contributed by atoms with Crippen molar-refractivity contribution in [1.29, 1.82) is 5.26 Å². The van der Waals surface area contributed by atoms with E-state index in [2.05, 4.69) is 15.7 Å². The van der Waals surface area contributed by atoms with Gasteiger partial charge in [-0.2, -0.15) is 5.26 Å². The van der Waals surface area contributed by atoms with Crippen molar-refractivity contribution in [3.05, 3.63) is 44.9 Å². The molecule has 1 aromatic heterocycles. The minimum atomic E-state index is 0.270. The second-order valence-electron chi connectivity index (χ2n) is 3.72. The van der Waals surface area contributed by atoms with Crippen LogP contribution in [0.1, 0.15) is 5.56 Å². The number of nitrogen functional groups attached to an aromatic ring is 1. The fraction of sp³-hybridized carbons (Fsp3) is 0. The summed E-state index contributed by atoms with van der Waals surface area (Å²) in [7, 11) is 0. The van der Waals surface area contributed by atoms with E-state index in [4.69, 9.17) is 45.9 Å². The van der Waals surface area contributed by atoms with Crippen LogP contribution in [0.4, 0.5) is 17.3 Å². The Kier molecular flexibility index (Phi) is 4.53. The Morgan fingerprint density at radius 2 is 1.75 bits per heavy atom. The Labute approximate surface area is 130 Å². The molecule has 8 heteroatoms. The first kappa shape index (κ1) is 14.7. The van der Waals surface area contributed by atoms with Crippen LogP contribution in [0.5, 0.6) is 0 Å². The van der Waals surface area contributed by atoms with E-state index in [0.29, 0.717) is 32.1 Å². The predicted octanol–water partition coefficient (Wildman–Crippen LogP) is 3.94. The van der Waals surface area contributed by atoms with Crippen LogP contribution in [0, 0.1) is 11.3 Å². The number of aromatic nitrogens is 1. The zero-order chi connectivity index (χ0) is 14.7. The van der Waals surface area contributed by atoms with Gasteiger partial charge >= 0.3 is 0 Å². The van der Waals surface area contributed by atoms with Crippen molar-refractivity contribution in [3.8, 4) is 6.07 Å². The number of anilines is 3. The van der Waals surface area contributed by atoms with Gasteiger partial charge in [-0.05, 0) is 24.3 Å². The van der Waals surface area contributed by atoms with E-state index in [-0.39, 0.29) is 5.82 Å². The van der Waals surface area contributed by atoms with E-state index in [1.807, 2.05) is 6.07 Å². The number of nitrogens with zero attached hydrogens (tertiary/aromatic N) is 2. The fourth-order valence-corrected chi connectivity index (χ4v) is 2.10. The lowest BCUT2D eigenvalue weighted by atomic mass is 10.2. The summed E-state index contributed by atoms with van der Waals surface area (Å²) >= 11 is 18.0. The lowest BCUT2D eigenvalue weighted by molar-refractivity contribution is 1.22. The number of halogens is 3. The van der Waals surface area contributed by atoms with E-state index in [0.717, 1.165) is 0 Å². The maximum Gasteiger partial charge on any atom is 0.161 e. The molecule has 20 heavy (non-hydrogen) atoms. The Balaban J connectivity index is 2.42. The molecule has 0 amide bonds. The standard InChI is InChI=1S/C12H8Cl3N5/c13-7-2-1-6(5-16)3-10(7)18-11-8(14)4-9(15)12(19-11)20-17/h1-4H,17H2,(H2,18,19,20). The maximum atomic E-state index is 8.89. The van der Waals surface area contributed by atoms with E-state index in [1.165, 1.54) is 6.07 Å². The van der Waals surface area contributed by atoms with Gasteiger partial charge in [-0.15, -0.1) is 0 Å². The predicted molar refractivity (Wildman–Crippen MR) is 81.5 cm³/mol. The van der Waals surface area contributed by atoms with Crippen LogP contribution in [0.2, 0.25) is 15.1 Å². The first-order chi connectivity index (χ1) is 9.55. The Morgan fingerprint density at radius 3 is 2.40 bits per heavy atom. The Bertz CT molecular complexity index is 696. The molecule has 0 saturated carbocycles. The zero-order valence-electron chi connectivity index (χ0n) is 9.92. The number of nitriles is 1. The third-order valence-electron chi connectivity index (χ3n) is 2.41. The molecule has 0 unspecified atom stereocenters. The van der Waals surface area contributed by atoms with Gasteiger partial charge in [-0.1, -0.05) is 34.8 Å². The van der Waals surface area contributed by atoms with Gasteiger partial charge in [0.2, 0.25) is 0 Å². The normalized spacial score (nSPS) is 9.95. The molecule has 102 valence electrons. The number of hydrazine groups is 1. The minimum absolute atomic E-state index is 0.270. The van der Waals surface area contributed by atoms with Crippen LogP contribution in [-0.2, 0) is 0 Å². The van der Waals surface area contributed by atoms with Crippen molar-refractivity contribution in [1.82, 2.24) is 4.98 Å². The summed E-state index contributed by atoms with van der Waals surface area (Å²) in [5.41, 5.74) is 3.32. The van der Waals surface area contributed by atoms with E-state index in [9.17, 15) is 0 Å². The van der Waals surface area contributed by atoms with Crippen LogP contribution in [-0.4, -0.2) is 4.98 Å². The quantitative estimate of drug-likeness (QED) is 0.587. The van der Waals surface area contributed by atoms with E-state index in [1.54, 1.807) is 18.2 Å². The number of nitrogens with one attached hydrogen (secondary N) is 2. The Morgan fingerprint density at radius 1 is 1.05 bits per heavy atom. The van der Waals surface area contributed by atoms with Crippen molar-refractivity contribution in [2.45, 2.75) is 0 Å². The van der Waals surface area contributed by atoms with Gasteiger partial charge in [-0.3, -0.25) is 0 Å². The number of nitrogens with two attached hydrogens (primary N) is 1. The molecule has 1 aromatic carbocycles. The third kappa shape index (κ3) is 3.06. The molecule has 0 radical (unpaired) electrons. The van der Waals surface area contributed by atoms with Crippen molar-refractivity contribution in [2.24, 2.45) is 5.84 Å². The minimum Gasteiger partial charge on any atom is -0.338 e. The molecular formula is C12H8Cl3N5. The molecule has 0 bridgehead atoms. The van der Waals surface area contributed by atoms with Gasteiger partial charge in [0, 0.05) is 0 Å². The molecule has 5 nitrogen and oxygen atoms in total. The van der Waals surface area contributed by atoms with Crippen molar-refractivity contribution in [2.75, 3.05) is 10.7 Å². The van der Waals surface area contributed by atoms with Crippen LogP contribution in [0.3, 0.4) is 0 Å². The molecular weight excluding hydrogens is 321 g/mol. The second-order valence-corrected chi connectivity index (χ2v) is 4.95. The Hall–Kier alpha value is -1.71. The molecule has 0 aliphatic heterocycles. The average molecular weight is 329 g/mol. The topological polar surface area (TPSA) is 86.8 Å². The van der Waals surface area contributed by atoms with Gasteiger partial charge in [0.1, 0.15) is 0 Å². The molecule has 0 aliphatic carbocycles. The molecule has 0 spiro atoms. The van der Waals surface area contributed by atoms with E-state index < -0.39 is 0 Å². The highest BCUT2D eigenvalue weighted by Crippen LogP contribution is 2.33. The molecule has 0 saturated heterocycles. The number of hydrogen-bond acceptors (Lipinski definition) is 5. The van der Waals surface area contributed by atoms with Crippen molar-refractivity contribution in [3.63, 3.8) is 0 Å². The van der Waals surface area contributed by atoms with Crippen LogP contribution in [0.15, 0.2) is 24.3 Å². The largest absolute Gasteiger partial charge is 0.338 e. The van der Waals surface area contributed by atoms with Crippen molar-refractivity contribution >= 4 is 52.1 Å².